The monoisotopic (exact) mass is 370 g/mol. The van der Waals surface area contributed by atoms with Crippen LogP contribution in [0.3, 0.4) is 0 Å². The molecule has 27 heavy (non-hydrogen) atoms. The highest BCUT2D eigenvalue weighted by molar-refractivity contribution is 5.79. The highest BCUT2D eigenvalue weighted by Gasteiger charge is 2.30. The molecule has 2 aliphatic heterocycles. The third kappa shape index (κ3) is 3.53. The Morgan fingerprint density at radius 2 is 1.85 bits per heavy atom. The van der Waals surface area contributed by atoms with Crippen LogP contribution in [0.1, 0.15) is 23.6 Å². The molecule has 8 nitrogen and oxygen atoms in total. The number of amides is 1. The molecule has 0 radical (unpaired) electrons. The van der Waals surface area contributed by atoms with Gasteiger partial charge in [-0.2, -0.15) is 0 Å². The van der Waals surface area contributed by atoms with Gasteiger partial charge in [-0.1, -0.05) is 0 Å². The zero-order valence-electron chi connectivity index (χ0n) is 16.2. The summed E-state index contributed by atoms with van der Waals surface area (Å²) in [4.78, 5) is 30.3. The fourth-order valence-electron chi connectivity index (χ4n) is 3.70. The number of ether oxygens (including phenoxy) is 1. The Morgan fingerprint density at radius 1 is 1.11 bits per heavy atom. The van der Waals surface area contributed by atoms with Crippen LogP contribution in [0, 0.1) is 26.7 Å². The van der Waals surface area contributed by atoms with Gasteiger partial charge in [0.05, 0.1) is 18.2 Å². The molecule has 2 fully saturated rings. The molecule has 2 aromatic heterocycles. The molecule has 2 aromatic rings. The van der Waals surface area contributed by atoms with Crippen molar-refractivity contribution in [3.8, 4) is 5.82 Å². The first-order chi connectivity index (χ1) is 13.0. The minimum atomic E-state index is 0.0388. The Balaban J connectivity index is 1.48. The lowest BCUT2D eigenvalue weighted by Gasteiger charge is -2.36. The first-order valence-electron chi connectivity index (χ1n) is 9.51. The lowest BCUT2D eigenvalue weighted by Crippen LogP contribution is -2.50. The van der Waals surface area contributed by atoms with Gasteiger partial charge in [-0.3, -0.25) is 9.36 Å². The smallest absolute Gasteiger partial charge is 0.228 e. The summed E-state index contributed by atoms with van der Waals surface area (Å²) in [5.74, 6) is 2.74. The van der Waals surface area contributed by atoms with Crippen molar-refractivity contribution >= 4 is 11.7 Å². The van der Waals surface area contributed by atoms with Crippen molar-refractivity contribution in [1.82, 2.24) is 24.4 Å². The van der Waals surface area contributed by atoms with Gasteiger partial charge in [-0.05, 0) is 27.2 Å². The summed E-state index contributed by atoms with van der Waals surface area (Å²) >= 11 is 0. The van der Waals surface area contributed by atoms with Gasteiger partial charge in [0.25, 0.3) is 0 Å². The molecule has 1 amide bonds. The minimum Gasteiger partial charge on any atom is -0.381 e. The maximum atomic E-state index is 12.6. The first-order valence-corrected chi connectivity index (χ1v) is 9.51. The van der Waals surface area contributed by atoms with Crippen LogP contribution >= 0.6 is 0 Å². The van der Waals surface area contributed by atoms with Gasteiger partial charge in [0.15, 0.2) is 0 Å². The number of nitrogens with zero attached hydrogens (tertiary/aromatic N) is 6. The fourth-order valence-corrected chi connectivity index (χ4v) is 3.70. The van der Waals surface area contributed by atoms with Gasteiger partial charge < -0.3 is 14.5 Å². The Hall–Kier alpha value is -2.48. The molecule has 4 heterocycles. The van der Waals surface area contributed by atoms with E-state index >= 15 is 0 Å². The number of hydrogen-bond acceptors (Lipinski definition) is 6. The number of aromatic nitrogens is 4. The van der Waals surface area contributed by atoms with Gasteiger partial charge in [0.2, 0.25) is 5.91 Å². The van der Waals surface area contributed by atoms with Gasteiger partial charge in [-0.15, -0.1) is 0 Å². The number of piperazine rings is 1. The molecule has 0 spiro atoms. The second-order valence-corrected chi connectivity index (χ2v) is 7.29. The number of hydrogen-bond donors (Lipinski definition) is 0. The van der Waals surface area contributed by atoms with E-state index in [1.54, 1.807) is 6.33 Å². The quantitative estimate of drug-likeness (QED) is 0.810. The van der Waals surface area contributed by atoms with Crippen molar-refractivity contribution in [3.05, 3.63) is 29.6 Å². The summed E-state index contributed by atoms with van der Waals surface area (Å²) in [5.41, 5.74) is 2.07. The summed E-state index contributed by atoms with van der Waals surface area (Å²) in [5, 5.41) is 0. The molecule has 4 rings (SSSR count). The van der Waals surface area contributed by atoms with Gasteiger partial charge in [-0.25, -0.2) is 15.0 Å². The van der Waals surface area contributed by atoms with Crippen molar-refractivity contribution in [2.75, 3.05) is 44.3 Å². The molecule has 2 aliphatic rings. The second-order valence-electron chi connectivity index (χ2n) is 7.29. The van der Waals surface area contributed by atoms with Crippen molar-refractivity contribution < 1.29 is 9.53 Å². The van der Waals surface area contributed by atoms with Crippen LogP contribution in [0.2, 0.25) is 0 Å². The largest absolute Gasteiger partial charge is 0.381 e. The van der Waals surface area contributed by atoms with Gasteiger partial charge in [0.1, 0.15) is 23.8 Å². The number of carbonyl (C=O) groups is 1. The molecule has 0 saturated carbocycles. The van der Waals surface area contributed by atoms with Crippen LogP contribution in [0.25, 0.3) is 5.82 Å². The van der Waals surface area contributed by atoms with Crippen LogP contribution < -0.4 is 4.90 Å². The highest BCUT2D eigenvalue weighted by atomic mass is 16.5. The topological polar surface area (TPSA) is 76.4 Å². The number of anilines is 1. The van der Waals surface area contributed by atoms with Gasteiger partial charge in [0, 0.05) is 44.5 Å². The zero-order valence-corrected chi connectivity index (χ0v) is 16.2. The van der Waals surface area contributed by atoms with E-state index in [4.69, 9.17) is 4.74 Å². The van der Waals surface area contributed by atoms with Crippen LogP contribution in [0.15, 0.2) is 12.4 Å². The Bertz CT molecular complexity index is 835. The Kier molecular flexibility index (Phi) is 4.82. The second kappa shape index (κ2) is 7.26. The lowest BCUT2D eigenvalue weighted by atomic mass is 10.1. The normalized spacial score (nSPS) is 20.3. The molecule has 144 valence electrons. The van der Waals surface area contributed by atoms with Crippen LogP contribution in [-0.2, 0) is 9.53 Å². The standard InChI is InChI=1S/C19H26N6O2/c1-13-14(2)25(12-20-13)18-10-17(21-15(3)22-18)23-5-7-24(8-6-23)19(26)16-4-9-27-11-16/h10,12,16H,4-9,11H2,1-3H3. The first kappa shape index (κ1) is 17.9. The summed E-state index contributed by atoms with van der Waals surface area (Å²) in [7, 11) is 0. The molecular formula is C19H26N6O2. The van der Waals surface area contributed by atoms with Crippen molar-refractivity contribution in [1.29, 1.82) is 0 Å². The average molecular weight is 370 g/mol. The van der Waals surface area contributed by atoms with Crippen molar-refractivity contribution in [2.45, 2.75) is 27.2 Å². The predicted octanol–water partition coefficient (Wildman–Crippen LogP) is 1.27. The highest BCUT2D eigenvalue weighted by Crippen LogP contribution is 2.21. The SMILES string of the molecule is Cc1nc(N2CCN(C(=O)C3CCOC3)CC2)cc(-n2cnc(C)c2C)n1. The van der Waals surface area contributed by atoms with Crippen LogP contribution in [0.4, 0.5) is 5.82 Å². The fraction of sp³-hybridized carbons (Fsp3) is 0.579. The molecule has 0 aromatic carbocycles. The number of imidazole rings is 1. The molecule has 2 saturated heterocycles. The van der Waals surface area contributed by atoms with E-state index in [0.29, 0.717) is 13.2 Å². The third-order valence-electron chi connectivity index (χ3n) is 5.50. The average Bonchev–Trinajstić information content (AvgIpc) is 3.32. The minimum absolute atomic E-state index is 0.0388. The zero-order chi connectivity index (χ0) is 19.0. The van der Waals surface area contributed by atoms with E-state index in [9.17, 15) is 4.79 Å². The summed E-state index contributed by atoms with van der Waals surface area (Å²) in [6.45, 7) is 10.2. The number of rotatable bonds is 3. The molecule has 0 bridgehead atoms. The third-order valence-corrected chi connectivity index (χ3v) is 5.50. The Labute approximate surface area is 159 Å². The van der Waals surface area contributed by atoms with Crippen molar-refractivity contribution in [2.24, 2.45) is 5.92 Å². The predicted molar refractivity (Wildman–Crippen MR) is 101 cm³/mol. The molecule has 0 N–H and O–H groups in total. The van der Waals surface area contributed by atoms with E-state index < -0.39 is 0 Å². The lowest BCUT2D eigenvalue weighted by molar-refractivity contribution is -0.135. The molecule has 8 heteroatoms. The maximum absolute atomic E-state index is 12.6. The Morgan fingerprint density at radius 3 is 2.48 bits per heavy atom. The summed E-state index contributed by atoms with van der Waals surface area (Å²) in [6.07, 6.45) is 2.65. The van der Waals surface area contributed by atoms with Crippen LogP contribution in [0.5, 0.6) is 0 Å². The summed E-state index contributed by atoms with van der Waals surface area (Å²) < 4.78 is 7.35. The van der Waals surface area contributed by atoms with E-state index in [-0.39, 0.29) is 11.8 Å². The van der Waals surface area contributed by atoms with Gasteiger partial charge >= 0.3 is 0 Å². The number of carbonyl (C=O) groups excluding carboxylic acids is 1. The number of aryl methyl sites for hydroxylation is 2. The van der Waals surface area contributed by atoms with Crippen molar-refractivity contribution in [3.63, 3.8) is 0 Å². The van der Waals surface area contributed by atoms with E-state index in [1.807, 2.05) is 36.3 Å². The van der Waals surface area contributed by atoms with Crippen LogP contribution in [-0.4, -0.2) is 69.7 Å². The molecule has 0 aliphatic carbocycles. The molecular weight excluding hydrogens is 344 g/mol. The maximum Gasteiger partial charge on any atom is 0.228 e. The van der Waals surface area contributed by atoms with E-state index in [2.05, 4.69) is 19.9 Å². The summed E-state index contributed by atoms with van der Waals surface area (Å²) in [6, 6.07) is 2.00. The molecule has 1 atom stereocenters. The van der Waals surface area contributed by atoms with E-state index in [1.165, 1.54) is 0 Å². The molecule has 1 unspecified atom stereocenters. The van der Waals surface area contributed by atoms with E-state index in [0.717, 1.165) is 61.4 Å².